The van der Waals surface area contributed by atoms with E-state index < -0.39 is 5.97 Å². The number of halogens is 1. The Morgan fingerprint density at radius 2 is 2.36 bits per heavy atom. The van der Waals surface area contributed by atoms with E-state index in [2.05, 4.69) is 4.90 Å². The van der Waals surface area contributed by atoms with Gasteiger partial charge >= 0.3 is 5.97 Å². The monoisotopic (exact) mass is 177 g/mol. The zero-order valence-electron chi connectivity index (χ0n) is 6.41. The molecule has 0 unspecified atom stereocenters. The van der Waals surface area contributed by atoms with Gasteiger partial charge in [-0.3, -0.25) is 0 Å². The summed E-state index contributed by atoms with van der Waals surface area (Å²) >= 11 is 0. The second kappa shape index (κ2) is 4.36. The highest BCUT2D eigenvalue weighted by Gasteiger charge is 2.12. The molecule has 0 atom stereocenters. The van der Waals surface area contributed by atoms with Gasteiger partial charge in [0.25, 0.3) is 0 Å². The van der Waals surface area contributed by atoms with Crippen LogP contribution in [0.15, 0.2) is 11.6 Å². The molecule has 0 aromatic carbocycles. The SMILES string of the molecule is CN1CC=C(C(=O)O)CC1.Cl. The van der Waals surface area contributed by atoms with Crippen LogP contribution in [-0.4, -0.2) is 36.1 Å². The lowest BCUT2D eigenvalue weighted by molar-refractivity contribution is -0.132. The summed E-state index contributed by atoms with van der Waals surface area (Å²) in [6, 6.07) is 0. The summed E-state index contributed by atoms with van der Waals surface area (Å²) in [4.78, 5) is 12.5. The van der Waals surface area contributed by atoms with Crippen molar-refractivity contribution >= 4 is 18.4 Å². The maximum atomic E-state index is 10.4. The van der Waals surface area contributed by atoms with Crippen LogP contribution in [0.3, 0.4) is 0 Å². The molecule has 1 rings (SSSR count). The molecule has 0 radical (unpaired) electrons. The standard InChI is InChI=1S/C7H11NO2.ClH/c1-8-4-2-6(3-5-8)7(9)10;/h2H,3-5H2,1H3,(H,9,10);1H. The average molecular weight is 178 g/mol. The van der Waals surface area contributed by atoms with Crippen molar-refractivity contribution in [2.45, 2.75) is 6.42 Å². The van der Waals surface area contributed by atoms with Gasteiger partial charge in [0.1, 0.15) is 0 Å². The number of rotatable bonds is 1. The van der Waals surface area contributed by atoms with Crippen LogP contribution in [0.25, 0.3) is 0 Å². The minimum absolute atomic E-state index is 0. The van der Waals surface area contributed by atoms with E-state index in [1.807, 2.05) is 7.05 Å². The minimum Gasteiger partial charge on any atom is -0.478 e. The Morgan fingerprint density at radius 1 is 1.73 bits per heavy atom. The first kappa shape index (κ1) is 10.5. The van der Waals surface area contributed by atoms with Gasteiger partial charge < -0.3 is 10.0 Å². The van der Waals surface area contributed by atoms with Crippen molar-refractivity contribution in [3.8, 4) is 0 Å². The second-order valence-corrected chi connectivity index (χ2v) is 2.55. The van der Waals surface area contributed by atoms with Crippen LogP contribution in [0.5, 0.6) is 0 Å². The first-order chi connectivity index (χ1) is 4.70. The van der Waals surface area contributed by atoms with Crippen LogP contribution in [0.4, 0.5) is 0 Å². The van der Waals surface area contributed by atoms with E-state index in [0.29, 0.717) is 12.0 Å². The Bertz CT molecular complexity index is 179. The van der Waals surface area contributed by atoms with Crippen molar-refractivity contribution in [3.63, 3.8) is 0 Å². The molecule has 64 valence electrons. The number of carboxylic acids is 1. The fraction of sp³-hybridized carbons (Fsp3) is 0.571. The zero-order chi connectivity index (χ0) is 7.56. The number of hydrogen-bond acceptors (Lipinski definition) is 2. The van der Waals surface area contributed by atoms with E-state index in [4.69, 9.17) is 5.11 Å². The van der Waals surface area contributed by atoms with Gasteiger partial charge in [-0.1, -0.05) is 6.08 Å². The van der Waals surface area contributed by atoms with E-state index >= 15 is 0 Å². The highest BCUT2D eigenvalue weighted by molar-refractivity contribution is 5.86. The molecule has 0 saturated carbocycles. The van der Waals surface area contributed by atoms with Crippen molar-refractivity contribution in [1.82, 2.24) is 4.90 Å². The third-order valence-electron chi connectivity index (χ3n) is 1.69. The predicted molar refractivity (Wildman–Crippen MR) is 45.1 cm³/mol. The lowest BCUT2D eigenvalue weighted by Crippen LogP contribution is -2.26. The van der Waals surface area contributed by atoms with E-state index in [1.165, 1.54) is 0 Å². The Hall–Kier alpha value is -0.540. The van der Waals surface area contributed by atoms with Crippen LogP contribution < -0.4 is 0 Å². The molecule has 0 spiro atoms. The topological polar surface area (TPSA) is 40.5 Å². The number of carboxylic acid groups (broad SMARTS) is 1. The summed E-state index contributed by atoms with van der Waals surface area (Å²) in [6.45, 7) is 1.62. The predicted octanol–water partition coefficient (Wildman–Crippen LogP) is 0.755. The molecule has 0 aliphatic carbocycles. The average Bonchev–Trinajstić information content (AvgIpc) is 1.88. The molecule has 0 fully saturated rings. The maximum Gasteiger partial charge on any atom is 0.331 e. The highest BCUT2D eigenvalue weighted by Crippen LogP contribution is 2.08. The molecule has 0 saturated heterocycles. The summed E-state index contributed by atoms with van der Waals surface area (Å²) in [5.74, 6) is -0.770. The van der Waals surface area contributed by atoms with Crippen molar-refractivity contribution in [2.75, 3.05) is 20.1 Å². The fourth-order valence-electron chi connectivity index (χ4n) is 0.965. The molecular weight excluding hydrogens is 166 g/mol. The number of likely N-dealkylation sites (N-methyl/N-ethyl adjacent to an activating group) is 1. The molecule has 1 aliphatic heterocycles. The summed E-state index contributed by atoms with van der Waals surface area (Å²) in [7, 11) is 1.98. The highest BCUT2D eigenvalue weighted by atomic mass is 35.5. The summed E-state index contributed by atoms with van der Waals surface area (Å²) in [5.41, 5.74) is 0.554. The molecule has 1 aliphatic rings. The van der Waals surface area contributed by atoms with Crippen LogP contribution in [0, 0.1) is 0 Å². The van der Waals surface area contributed by atoms with Gasteiger partial charge in [0.15, 0.2) is 0 Å². The van der Waals surface area contributed by atoms with Gasteiger partial charge in [-0.2, -0.15) is 0 Å². The Labute approximate surface area is 72.1 Å². The van der Waals surface area contributed by atoms with E-state index in [0.717, 1.165) is 13.1 Å². The van der Waals surface area contributed by atoms with Gasteiger partial charge in [0.05, 0.1) is 0 Å². The Balaban J connectivity index is 0.000001000. The number of nitrogens with zero attached hydrogens (tertiary/aromatic N) is 1. The van der Waals surface area contributed by atoms with Gasteiger partial charge in [-0.05, 0) is 13.5 Å². The molecule has 1 N–H and O–H groups in total. The number of aliphatic carboxylic acids is 1. The van der Waals surface area contributed by atoms with E-state index in [-0.39, 0.29) is 12.4 Å². The second-order valence-electron chi connectivity index (χ2n) is 2.55. The Morgan fingerprint density at radius 3 is 2.73 bits per heavy atom. The lowest BCUT2D eigenvalue weighted by atomic mass is 10.1. The minimum atomic E-state index is -0.770. The third-order valence-corrected chi connectivity index (χ3v) is 1.69. The third kappa shape index (κ3) is 2.91. The molecule has 0 aromatic heterocycles. The molecule has 4 heteroatoms. The van der Waals surface area contributed by atoms with E-state index in [1.54, 1.807) is 6.08 Å². The van der Waals surface area contributed by atoms with Gasteiger partial charge in [0.2, 0.25) is 0 Å². The quantitative estimate of drug-likeness (QED) is 0.643. The smallest absolute Gasteiger partial charge is 0.331 e. The van der Waals surface area contributed by atoms with Crippen molar-refractivity contribution in [2.24, 2.45) is 0 Å². The number of hydrogen-bond donors (Lipinski definition) is 1. The molecule has 0 amide bonds. The maximum absolute atomic E-state index is 10.4. The van der Waals surface area contributed by atoms with Crippen LogP contribution in [0.1, 0.15) is 6.42 Å². The number of carbonyl (C=O) groups is 1. The first-order valence-corrected chi connectivity index (χ1v) is 3.31. The zero-order valence-corrected chi connectivity index (χ0v) is 7.23. The fourth-order valence-corrected chi connectivity index (χ4v) is 0.965. The molecule has 0 bridgehead atoms. The Kier molecular flexibility index (Phi) is 4.15. The van der Waals surface area contributed by atoms with Crippen molar-refractivity contribution < 1.29 is 9.90 Å². The largest absolute Gasteiger partial charge is 0.478 e. The summed E-state index contributed by atoms with van der Waals surface area (Å²) in [5, 5.41) is 8.54. The molecule has 11 heavy (non-hydrogen) atoms. The van der Waals surface area contributed by atoms with Crippen LogP contribution in [-0.2, 0) is 4.79 Å². The molecule has 3 nitrogen and oxygen atoms in total. The molecule has 0 aromatic rings. The van der Waals surface area contributed by atoms with Crippen molar-refractivity contribution in [1.29, 1.82) is 0 Å². The van der Waals surface area contributed by atoms with Gasteiger partial charge in [0, 0.05) is 18.7 Å². The van der Waals surface area contributed by atoms with Gasteiger partial charge in [-0.25, -0.2) is 4.79 Å². The van der Waals surface area contributed by atoms with Crippen LogP contribution in [0.2, 0.25) is 0 Å². The summed E-state index contributed by atoms with van der Waals surface area (Å²) < 4.78 is 0. The summed E-state index contributed by atoms with van der Waals surface area (Å²) in [6.07, 6.45) is 2.44. The van der Waals surface area contributed by atoms with Gasteiger partial charge in [-0.15, -0.1) is 12.4 Å². The van der Waals surface area contributed by atoms with E-state index in [9.17, 15) is 4.79 Å². The normalized spacial score (nSPS) is 18.5. The lowest BCUT2D eigenvalue weighted by Gasteiger charge is -2.19. The van der Waals surface area contributed by atoms with Crippen molar-refractivity contribution in [3.05, 3.63) is 11.6 Å². The van der Waals surface area contributed by atoms with Crippen LogP contribution >= 0.6 is 12.4 Å². The molecule has 1 heterocycles. The molecular formula is C7H12ClNO2. The first-order valence-electron chi connectivity index (χ1n) is 3.31.